The van der Waals surface area contributed by atoms with Gasteiger partial charge in [0.05, 0.1) is 30.2 Å². The number of carbonyl (C=O) groups excluding carboxylic acids is 2. The third kappa shape index (κ3) is 6.29. The van der Waals surface area contributed by atoms with Crippen LogP contribution in [0, 0.1) is 11.8 Å². The average molecular weight is 596 g/mol. The smallest absolute Gasteiger partial charge is 0.309 e. The van der Waals surface area contributed by atoms with E-state index >= 15 is 0 Å². The number of benzene rings is 2. The highest BCUT2D eigenvalue weighted by Gasteiger charge is 2.49. The van der Waals surface area contributed by atoms with E-state index in [-0.39, 0.29) is 23.6 Å². The van der Waals surface area contributed by atoms with Crippen molar-refractivity contribution in [1.29, 1.82) is 0 Å². The van der Waals surface area contributed by atoms with Crippen molar-refractivity contribution in [2.75, 3.05) is 20.7 Å². The van der Waals surface area contributed by atoms with E-state index in [1.165, 1.54) is 11.4 Å². The molecule has 2 aromatic carbocycles. The molecule has 1 amide bonds. The molecule has 0 N–H and O–H groups in total. The molecule has 1 saturated carbocycles. The van der Waals surface area contributed by atoms with Gasteiger partial charge in [-0.1, -0.05) is 61.3 Å². The minimum Gasteiger partial charge on any atom is -0.469 e. The summed E-state index contributed by atoms with van der Waals surface area (Å²) in [6.07, 6.45) is 2.26. The predicted octanol–water partition coefficient (Wildman–Crippen LogP) is 5.68. The highest BCUT2D eigenvalue weighted by atomic mass is 35.5. The minimum atomic E-state index is -3.45. The topological polar surface area (TPSA) is 84.0 Å². The number of rotatable bonds is 10. The fourth-order valence-corrected chi connectivity index (χ4v) is 7.69. The van der Waals surface area contributed by atoms with E-state index in [2.05, 4.69) is 0 Å². The molecule has 4 rings (SSSR count). The Hall–Kier alpha value is -2.13. The lowest BCUT2D eigenvalue weighted by atomic mass is 9.71. The number of nitrogens with zero attached hydrogens (tertiary/aromatic N) is 2. The van der Waals surface area contributed by atoms with Gasteiger partial charge in [0, 0.05) is 35.6 Å². The lowest BCUT2D eigenvalue weighted by Crippen LogP contribution is -2.56. The van der Waals surface area contributed by atoms with Crippen LogP contribution < -0.4 is 0 Å². The van der Waals surface area contributed by atoms with E-state index in [9.17, 15) is 18.0 Å². The summed E-state index contributed by atoms with van der Waals surface area (Å²) in [7, 11) is -0.538. The Bertz CT molecular complexity index is 1300. The largest absolute Gasteiger partial charge is 0.469 e. The first-order chi connectivity index (χ1) is 18.5. The van der Waals surface area contributed by atoms with Crippen LogP contribution in [0.25, 0.3) is 0 Å². The van der Waals surface area contributed by atoms with Crippen LogP contribution in [0.2, 0.25) is 10.0 Å². The number of likely N-dealkylation sites (tertiary alicyclic amines) is 1. The molecule has 0 radical (unpaired) electrons. The highest BCUT2D eigenvalue weighted by molar-refractivity contribution is 7.90. The molecule has 2 aromatic rings. The summed E-state index contributed by atoms with van der Waals surface area (Å²) < 4.78 is 32.5. The number of amides is 1. The van der Waals surface area contributed by atoms with E-state index in [0.717, 1.165) is 11.1 Å². The predicted molar refractivity (Wildman–Crippen MR) is 153 cm³/mol. The van der Waals surface area contributed by atoms with E-state index in [4.69, 9.17) is 27.9 Å². The van der Waals surface area contributed by atoms with Crippen molar-refractivity contribution in [3.63, 3.8) is 0 Å². The maximum Gasteiger partial charge on any atom is 0.309 e. The molecule has 2 fully saturated rings. The zero-order valence-corrected chi connectivity index (χ0v) is 25.0. The van der Waals surface area contributed by atoms with Crippen LogP contribution in [0.15, 0.2) is 48.5 Å². The second-order valence-corrected chi connectivity index (χ2v) is 13.8. The molecule has 1 aliphatic carbocycles. The highest BCUT2D eigenvalue weighted by Crippen LogP contribution is 2.48. The molecule has 10 heteroatoms. The molecule has 0 spiro atoms. The third-order valence-electron chi connectivity index (χ3n) is 8.14. The molecule has 5 atom stereocenters. The number of sulfonamides is 1. The summed E-state index contributed by atoms with van der Waals surface area (Å²) in [5, 5.41) is 0.798. The first-order valence-electron chi connectivity index (χ1n) is 13.4. The Morgan fingerprint density at radius 3 is 2.33 bits per heavy atom. The number of methoxy groups -OCH3 is 1. The molecule has 0 bridgehead atoms. The number of piperidine rings is 1. The van der Waals surface area contributed by atoms with Gasteiger partial charge < -0.3 is 9.64 Å². The van der Waals surface area contributed by atoms with Crippen molar-refractivity contribution in [2.45, 2.75) is 62.8 Å². The fraction of sp³-hybridized carbons (Fsp3) is 0.517. The van der Waals surface area contributed by atoms with Gasteiger partial charge in [-0.05, 0) is 61.1 Å². The molecule has 1 saturated heterocycles. The normalized spacial score (nSPS) is 23.5. The third-order valence-corrected chi connectivity index (χ3v) is 11.0. The summed E-state index contributed by atoms with van der Waals surface area (Å²) in [4.78, 5) is 28.8. The summed E-state index contributed by atoms with van der Waals surface area (Å²) in [6, 6.07) is 14.1. The average Bonchev–Trinajstić information content (AvgIpc) is 3.77. The van der Waals surface area contributed by atoms with Gasteiger partial charge >= 0.3 is 5.97 Å². The lowest BCUT2D eigenvalue weighted by molar-refractivity contribution is -0.159. The van der Waals surface area contributed by atoms with E-state index in [1.807, 2.05) is 42.2 Å². The zero-order valence-electron chi connectivity index (χ0n) is 22.7. The van der Waals surface area contributed by atoms with Gasteiger partial charge in [0.2, 0.25) is 15.9 Å². The number of esters is 1. The van der Waals surface area contributed by atoms with Crippen molar-refractivity contribution in [3.8, 4) is 0 Å². The van der Waals surface area contributed by atoms with Crippen LogP contribution in [0.5, 0.6) is 0 Å². The Kier molecular flexibility index (Phi) is 9.31. The Morgan fingerprint density at radius 1 is 1.10 bits per heavy atom. The van der Waals surface area contributed by atoms with Gasteiger partial charge in [0.15, 0.2) is 0 Å². The van der Waals surface area contributed by atoms with Crippen LogP contribution in [-0.4, -0.2) is 61.5 Å². The van der Waals surface area contributed by atoms with Gasteiger partial charge in [-0.25, -0.2) is 12.7 Å². The number of hydrogen-bond acceptors (Lipinski definition) is 5. The summed E-state index contributed by atoms with van der Waals surface area (Å²) in [5.41, 5.74) is 1.82. The summed E-state index contributed by atoms with van der Waals surface area (Å²) in [6.45, 7) is 3.83. The SMILES string of the molecule is CCC(CN(C)S(=O)(=O)C1CC1)N1C(=O)[C@H](C(C)C(=O)OC)C[C@H](c2cccc(Cl)c2)[C@H]1c1ccc(Cl)cc1. The van der Waals surface area contributed by atoms with Crippen molar-refractivity contribution in [1.82, 2.24) is 9.21 Å². The molecule has 7 nitrogen and oxygen atoms in total. The zero-order chi connectivity index (χ0) is 28.5. The Morgan fingerprint density at radius 2 is 1.77 bits per heavy atom. The minimum absolute atomic E-state index is 0.159. The Balaban J connectivity index is 1.85. The number of ether oxygens (including phenoxy) is 1. The first kappa shape index (κ1) is 29.8. The molecule has 1 aliphatic heterocycles. The van der Waals surface area contributed by atoms with Crippen LogP contribution in [0.3, 0.4) is 0 Å². The second-order valence-electron chi connectivity index (χ2n) is 10.6. The first-order valence-corrected chi connectivity index (χ1v) is 15.6. The molecule has 0 aromatic heterocycles. The maximum atomic E-state index is 14.4. The molecular formula is C29H36Cl2N2O5S. The quantitative estimate of drug-likeness (QED) is 0.330. The van der Waals surface area contributed by atoms with Crippen molar-refractivity contribution < 1.29 is 22.7 Å². The van der Waals surface area contributed by atoms with E-state index in [0.29, 0.717) is 35.7 Å². The Labute approximate surface area is 241 Å². The number of likely N-dealkylation sites (N-methyl/N-ethyl adjacent to an activating group) is 1. The monoisotopic (exact) mass is 594 g/mol. The van der Waals surface area contributed by atoms with Crippen LogP contribution in [-0.2, 0) is 24.3 Å². The maximum absolute atomic E-state index is 14.4. The number of carbonyl (C=O) groups is 2. The van der Waals surface area contributed by atoms with Gasteiger partial charge in [-0.3, -0.25) is 9.59 Å². The molecule has 212 valence electrons. The molecule has 2 aliphatic rings. The number of hydrogen-bond donors (Lipinski definition) is 0. The van der Waals surface area contributed by atoms with Crippen LogP contribution in [0.1, 0.15) is 62.6 Å². The number of halogens is 2. The van der Waals surface area contributed by atoms with Gasteiger partial charge in [0.25, 0.3) is 0 Å². The summed E-state index contributed by atoms with van der Waals surface area (Å²) >= 11 is 12.6. The van der Waals surface area contributed by atoms with Gasteiger partial charge in [-0.15, -0.1) is 0 Å². The van der Waals surface area contributed by atoms with Crippen LogP contribution in [0.4, 0.5) is 0 Å². The lowest BCUT2D eigenvalue weighted by Gasteiger charge is -2.49. The van der Waals surface area contributed by atoms with Crippen LogP contribution >= 0.6 is 23.2 Å². The van der Waals surface area contributed by atoms with Crippen molar-refractivity contribution in [3.05, 3.63) is 69.7 Å². The van der Waals surface area contributed by atoms with E-state index in [1.54, 1.807) is 32.2 Å². The van der Waals surface area contributed by atoms with Crippen molar-refractivity contribution >= 4 is 45.1 Å². The second kappa shape index (κ2) is 12.2. The summed E-state index contributed by atoms with van der Waals surface area (Å²) in [5.74, 6) is -2.17. The van der Waals surface area contributed by atoms with Crippen molar-refractivity contribution in [2.24, 2.45) is 11.8 Å². The van der Waals surface area contributed by atoms with E-state index < -0.39 is 39.9 Å². The standard InChI is InChI=1S/C29H36Cl2N2O5S/c1-5-23(17-32(3)39(36,37)24-13-14-24)33-27(19-9-11-21(30)12-10-19)26(20-7-6-8-22(31)15-20)16-25(28(33)34)18(2)29(35)38-4/h6-12,15,18,23-27H,5,13-14,16-17H2,1-4H3/t18?,23?,25-,26+,27+/m0/s1. The molecule has 1 heterocycles. The van der Waals surface area contributed by atoms with Gasteiger partial charge in [0.1, 0.15) is 0 Å². The molecule has 2 unspecified atom stereocenters. The molecular weight excluding hydrogens is 559 g/mol. The molecule has 39 heavy (non-hydrogen) atoms. The fourth-order valence-electron chi connectivity index (χ4n) is 5.74. The van der Waals surface area contributed by atoms with Gasteiger partial charge in [-0.2, -0.15) is 0 Å².